The summed E-state index contributed by atoms with van der Waals surface area (Å²) in [5.74, 6) is 0.982. The topological polar surface area (TPSA) is 98.5 Å². The second kappa shape index (κ2) is 11.2. The van der Waals surface area contributed by atoms with Gasteiger partial charge >= 0.3 is 0 Å². The number of nitrogens with one attached hydrogen (secondary N) is 2. The minimum absolute atomic E-state index is 0.188. The van der Waals surface area contributed by atoms with Gasteiger partial charge in [-0.1, -0.05) is 18.2 Å². The Kier molecular flexibility index (Phi) is 7.58. The third-order valence-electron chi connectivity index (χ3n) is 7.06. The molecule has 0 amide bonds. The standard InChI is InChI=1S/C29H36N6O2/c1-20-4-3-5-24(16-20)30-18-22-7-8-25-27(17-22)35(19-26-28(37)9-6-21(2)31-26)29(33-25)32-23-10-12-34(13-11-23)14-15-36/h3-9,16-17,23,30,36-37H,10-15,18-19H2,1-2H3,(H,32,33). The van der Waals surface area contributed by atoms with Crippen molar-refractivity contribution in [1.29, 1.82) is 0 Å². The first-order valence-corrected chi connectivity index (χ1v) is 13.0. The second-order valence-electron chi connectivity index (χ2n) is 9.97. The monoisotopic (exact) mass is 500 g/mol. The molecule has 3 heterocycles. The van der Waals surface area contributed by atoms with Crippen LogP contribution in [0.1, 0.15) is 35.4 Å². The number of nitrogens with zero attached hydrogens (tertiary/aromatic N) is 4. The molecule has 37 heavy (non-hydrogen) atoms. The number of rotatable bonds is 9. The van der Waals surface area contributed by atoms with Gasteiger partial charge in [0.25, 0.3) is 0 Å². The van der Waals surface area contributed by atoms with E-state index in [1.165, 1.54) is 5.56 Å². The highest BCUT2D eigenvalue weighted by atomic mass is 16.3. The summed E-state index contributed by atoms with van der Waals surface area (Å²) >= 11 is 0. The summed E-state index contributed by atoms with van der Waals surface area (Å²) in [6.07, 6.45) is 1.98. The Balaban J connectivity index is 1.43. The Morgan fingerprint density at radius 1 is 1.00 bits per heavy atom. The first-order chi connectivity index (χ1) is 18.0. The van der Waals surface area contributed by atoms with Gasteiger partial charge in [-0.05, 0) is 74.2 Å². The van der Waals surface area contributed by atoms with Crippen LogP contribution in [0.25, 0.3) is 11.0 Å². The minimum atomic E-state index is 0.188. The molecule has 4 aromatic rings. The van der Waals surface area contributed by atoms with E-state index in [0.717, 1.165) is 66.4 Å². The van der Waals surface area contributed by atoms with Crippen molar-refractivity contribution in [2.24, 2.45) is 0 Å². The van der Waals surface area contributed by atoms with Crippen molar-refractivity contribution in [3.8, 4) is 5.75 Å². The Labute approximate surface area is 218 Å². The van der Waals surface area contributed by atoms with Gasteiger partial charge in [0.2, 0.25) is 5.95 Å². The summed E-state index contributed by atoms with van der Waals surface area (Å²) < 4.78 is 2.13. The SMILES string of the molecule is Cc1cccc(NCc2ccc3nc(NC4CCN(CCO)CC4)n(Cc4nc(C)ccc4O)c3c2)c1. The zero-order valence-electron chi connectivity index (χ0n) is 21.6. The lowest BCUT2D eigenvalue weighted by Crippen LogP contribution is -2.40. The lowest BCUT2D eigenvalue weighted by atomic mass is 10.1. The van der Waals surface area contributed by atoms with Crippen LogP contribution in [-0.2, 0) is 13.1 Å². The Morgan fingerprint density at radius 3 is 2.62 bits per heavy atom. The molecule has 0 radical (unpaired) electrons. The average Bonchev–Trinajstić information content (AvgIpc) is 3.22. The first-order valence-electron chi connectivity index (χ1n) is 13.0. The number of aliphatic hydroxyl groups excluding tert-OH is 1. The van der Waals surface area contributed by atoms with E-state index in [9.17, 15) is 10.2 Å². The molecular weight excluding hydrogens is 464 g/mol. The third kappa shape index (κ3) is 6.03. The largest absolute Gasteiger partial charge is 0.506 e. The summed E-state index contributed by atoms with van der Waals surface area (Å²) in [7, 11) is 0. The number of anilines is 2. The van der Waals surface area contributed by atoms with Crippen LogP contribution in [0.15, 0.2) is 54.6 Å². The van der Waals surface area contributed by atoms with Crippen LogP contribution in [0.4, 0.5) is 11.6 Å². The van der Waals surface area contributed by atoms with Crippen molar-refractivity contribution in [1.82, 2.24) is 19.4 Å². The maximum Gasteiger partial charge on any atom is 0.204 e. The number of benzene rings is 2. The molecule has 0 spiro atoms. The van der Waals surface area contributed by atoms with Crippen LogP contribution in [0.2, 0.25) is 0 Å². The van der Waals surface area contributed by atoms with E-state index in [1.54, 1.807) is 6.07 Å². The molecule has 1 aliphatic heterocycles. The van der Waals surface area contributed by atoms with E-state index < -0.39 is 0 Å². The fourth-order valence-electron chi connectivity index (χ4n) is 5.00. The highest BCUT2D eigenvalue weighted by Crippen LogP contribution is 2.27. The van der Waals surface area contributed by atoms with Gasteiger partial charge in [0, 0.05) is 43.6 Å². The number of β-amino-alcohol motifs (C(OH)–C–C–N with tert-alkyl or cyclic N) is 1. The van der Waals surface area contributed by atoms with Crippen molar-refractivity contribution in [3.05, 3.63) is 77.1 Å². The summed E-state index contributed by atoms with van der Waals surface area (Å²) in [6.45, 7) is 7.97. The Morgan fingerprint density at radius 2 is 1.84 bits per heavy atom. The predicted molar refractivity (Wildman–Crippen MR) is 148 cm³/mol. The van der Waals surface area contributed by atoms with Gasteiger partial charge in [0.15, 0.2) is 0 Å². The van der Waals surface area contributed by atoms with Gasteiger partial charge in [-0.15, -0.1) is 0 Å². The number of fused-ring (bicyclic) bond motifs is 1. The van der Waals surface area contributed by atoms with Crippen LogP contribution in [0, 0.1) is 13.8 Å². The van der Waals surface area contributed by atoms with Gasteiger partial charge in [-0.3, -0.25) is 4.98 Å². The van der Waals surface area contributed by atoms with Crippen LogP contribution in [0.3, 0.4) is 0 Å². The fourth-order valence-corrected chi connectivity index (χ4v) is 5.00. The highest BCUT2D eigenvalue weighted by molar-refractivity contribution is 5.80. The minimum Gasteiger partial charge on any atom is -0.506 e. The summed E-state index contributed by atoms with van der Waals surface area (Å²) in [4.78, 5) is 11.9. The molecule has 8 heteroatoms. The second-order valence-corrected chi connectivity index (χ2v) is 9.97. The molecule has 0 atom stereocenters. The highest BCUT2D eigenvalue weighted by Gasteiger charge is 2.22. The van der Waals surface area contributed by atoms with E-state index in [4.69, 9.17) is 4.98 Å². The smallest absolute Gasteiger partial charge is 0.204 e. The summed E-state index contributed by atoms with van der Waals surface area (Å²) in [6, 6.07) is 18.5. The van der Waals surface area contributed by atoms with Crippen LogP contribution in [0.5, 0.6) is 5.75 Å². The number of hydrogen-bond acceptors (Lipinski definition) is 7. The molecule has 0 aliphatic carbocycles. The number of aryl methyl sites for hydroxylation is 2. The summed E-state index contributed by atoms with van der Waals surface area (Å²) in [5.41, 5.74) is 6.88. The number of pyridine rings is 1. The molecule has 0 bridgehead atoms. The molecule has 4 N–H and O–H groups in total. The predicted octanol–water partition coefficient (Wildman–Crippen LogP) is 4.28. The van der Waals surface area contributed by atoms with Crippen molar-refractivity contribution in [2.75, 3.05) is 36.9 Å². The molecule has 2 aromatic heterocycles. The van der Waals surface area contributed by atoms with E-state index in [2.05, 4.69) is 74.5 Å². The zero-order valence-corrected chi connectivity index (χ0v) is 21.6. The van der Waals surface area contributed by atoms with Crippen molar-refractivity contribution in [3.63, 3.8) is 0 Å². The molecule has 194 valence electrons. The number of hydrogen-bond donors (Lipinski definition) is 4. The molecule has 0 unspecified atom stereocenters. The molecule has 5 rings (SSSR count). The lowest BCUT2D eigenvalue weighted by molar-refractivity contribution is 0.168. The molecule has 0 saturated carbocycles. The lowest BCUT2D eigenvalue weighted by Gasteiger charge is -2.32. The molecule has 8 nitrogen and oxygen atoms in total. The maximum absolute atomic E-state index is 10.5. The number of aliphatic hydroxyl groups is 1. The molecule has 1 fully saturated rings. The summed E-state index contributed by atoms with van der Waals surface area (Å²) in [5, 5.41) is 27.0. The number of imidazole rings is 1. The number of aromatic nitrogens is 3. The van der Waals surface area contributed by atoms with Gasteiger partial charge in [0.05, 0.1) is 24.2 Å². The number of aromatic hydroxyl groups is 1. The van der Waals surface area contributed by atoms with E-state index >= 15 is 0 Å². The maximum atomic E-state index is 10.5. The number of piperidine rings is 1. The van der Waals surface area contributed by atoms with Crippen molar-refractivity contribution < 1.29 is 10.2 Å². The molecule has 2 aromatic carbocycles. The van der Waals surface area contributed by atoms with Gasteiger partial charge in [-0.25, -0.2) is 4.98 Å². The van der Waals surface area contributed by atoms with Crippen LogP contribution < -0.4 is 10.6 Å². The van der Waals surface area contributed by atoms with E-state index in [0.29, 0.717) is 24.8 Å². The Bertz CT molecular complexity index is 1360. The van der Waals surface area contributed by atoms with E-state index in [1.807, 2.05) is 13.0 Å². The van der Waals surface area contributed by atoms with Gasteiger partial charge < -0.3 is 30.3 Å². The van der Waals surface area contributed by atoms with Crippen molar-refractivity contribution >= 4 is 22.7 Å². The quantitative estimate of drug-likeness (QED) is 0.272. The first kappa shape index (κ1) is 25.0. The average molecular weight is 501 g/mol. The van der Waals surface area contributed by atoms with Gasteiger partial charge in [-0.2, -0.15) is 0 Å². The zero-order chi connectivity index (χ0) is 25.8. The fraction of sp³-hybridized carbons (Fsp3) is 0.379. The molecule has 1 aliphatic rings. The van der Waals surface area contributed by atoms with Crippen LogP contribution >= 0.6 is 0 Å². The van der Waals surface area contributed by atoms with Crippen molar-refractivity contribution in [2.45, 2.75) is 45.8 Å². The molecular formula is C29H36N6O2. The normalized spacial score (nSPS) is 14.8. The van der Waals surface area contributed by atoms with Gasteiger partial charge in [0.1, 0.15) is 11.4 Å². The Hall–Kier alpha value is -3.62. The van der Waals surface area contributed by atoms with Crippen LogP contribution in [-0.4, -0.2) is 61.9 Å². The molecule has 1 saturated heterocycles. The van der Waals surface area contributed by atoms with E-state index in [-0.39, 0.29) is 12.4 Å². The third-order valence-corrected chi connectivity index (χ3v) is 7.06. The number of likely N-dealkylation sites (tertiary alicyclic amines) is 1.